The number of anilines is 1. The number of hydrogen-bond acceptors (Lipinski definition) is 9. The Morgan fingerprint density at radius 3 is 2.43 bits per heavy atom. The Morgan fingerprint density at radius 2 is 1.67 bits per heavy atom. The number of Topliss-reactive ketones (excluding diaryl/α,β-unsaturated/α-hetero) is 1. The lowest BCUT2D eigenvalue weighted by atomic mass is 9.95. The zero-order valence-electron chi connectivity index (χ0n) is 22.4. The van der Waals surface area contributed by atoms with Crippen molar-refractivity contribution in [3.05, 3.63) is 131 Å². The minimum absolute atomic E-state index is 0.0490. The summed E-state index contributed by atoms with van der Waals surface area (Å²) in [5.74, 6) is -0.0716. The molecule has 10 heteroatoms. The summed E-state index contributed by atoms with van der Waals surface area (Å²) in [6.45, 7) is 2.04. The molecule has 1 aliphatic heterocycles. The Morgan fingerprint density at radius 1 is 0.929 bits per heavy atom. The van der Waals surface area contributed by atoms with E-state index in [2.05, 4.69) is 39.4 Å². The first-order valence-electron chi connectivity index (χ1n) is 13.0. The number of para-hydroxylation sites is 1. The van der Waals surface area contributed by atoms with E-state index in [0.717, 1.165) is 5.56 Å². The van der Waals surface area contributed by atoms with Crippen molar-refractivity contribution in [3.8, 4) is 11.5 Å². The summed E-state index contributed by atoms with van der Waals surface area (Å²) in [7, 11) is 0. The van der Waals surface area contributed by atoms with Crippen LogP contribution in [-0.4, -0.2) is 32.0 Å². The Bertz CT molecular complexity index is 1770. The molecule has 1 N–H and O–H groups in total. The van der Waals surface area contributed by atoms with Gasteiger partial charge in [0.05, 0.1) is 11.6 Å². The lowest BCUT2D eigenvalue weighted by Crippen LogP contribution is -2.29. The van der Waals surface area contributed by atoms with Crippen molar-refractivity contribution in [2.75, 3.05) is 4.90 Å². The van der Waals surface area contributed by atoms with Crippen LogP contribution in [0.4, 0.5) is 5.13 Å². The Hall–Kier alpha value is -4.80. The highest BCUT2D eigenvalue weighted by Crippen LogP contribution is 2.44. The molecule has 5 aromatic rings. The van der Waals surface area contributed by atoms with Crippen molar-refractivity contribution in [2.45, 2.75) is 23.1 Å². The van der Waals surface area contributed by atoms with Crippen molar-refractivity contribution >= 4 is 45.7 Å². The summed E-state index contributed by atoms with van der Waals surface area (Å²) >= 11 is 2.72. The highest BCUT2D eigenvalue weighted by molar-refractivity contribution is 8.00. The van der Waals surface area contributed by atoms with Crippen molar-refractivity contribution in [3.63, 3.8) is 0 Å². The third kappa shape index (κ3) is 5.67. The molecule has 1 fully saturated rings. The third-order valence-corrected chi connectivity index (χ3v) is 8.76. The molecule has 1 amide bonds. The van der Waals surface area contributed by atoms with Gasteiger partial charge in [-0.05, 0) is 54.4 Å². The summed E-state index contributed by atoms with van der Waals surface area (Å²) in [5.41, 5.74) is 3.21. The predicted octanol–water partition coefficient (Wildman–Crippen LogP) is 6.95. The molecule has 2 aromatic heterocycles. The van der Waals surface area contributed by atoms with Crippen LogP contribution in [0, 0.1) is 6.92 Å². The third-order valence-electron chi connectivity index (χ3n) is 6.64. The monoisotopic (exact) mass is 592 g/mol. The van der Waals surface area contributed by atoms with Gasteiger partial charge in [-0.25, -0.2) is 0 Å². The van der Waals surface area contributed by atoms with Gasteiger partial charge in [0.2, 0.25) is 5.13 Å². The summed E-state index contributed by atoms with van der Waals surface area (Å²) < 4.78 is 6.69. The molecule has 0 bridgehead atoms. The summed E-state index contributed by atoms with van der Waals surface area (Å²) in [4.78, 5) is 32.4. The van der Waals surface area contributed by atoms with Gasteiger partial charge < -0.3 is 9.84 Å². The smallest absolute Gasteiger partial charge is 0.301 e. The van der Waals surface area contributed by atoms with Gasteiger partial charge in [-0.3, -0.25) is 19.5 Å². The molecule has 1 atom stereocenters. The Balaban J connectivity index is 1.38. The first-order valence-corrected chi connectivity index (χ1v) is 14.8. The van der Waals surface area contributed by atoms with Gasteiger partial charge in [0.25, 0.3) is 5.78 Å². The van der Waals surface area contributed by atoms with Crippen molar-refractivity contribution in [1.82, 2.24) is 15.2 Å². The van der Waals surface area contributed by atoms with Crippen LogP contribution in [0.25, 0.3) is 5.76 Å². The van der Waals surface area contributed by atoms with Crippen molar-refractivity contribution in [1.29, 1.82) is 0 Å². The predicted molar refractivity (Wildman–Crippen MR) is 163 cm³/mol. The maximum absolute atomic E-state index is 13.6. The zero-order chi connectivity index (χ0) is 29.1. The van der Waals surface area contributed by atoms with Gasteiger partial charge in [0.1, 0.15) is 17.3 Å². The number of aromatic nitrogens is 3. The van der Waals surface area contributed by atoms with Crippen LogP contribution in [0.15, 0.2) is 113 Å². The number of nitrogens with zero attached hydrogens (tertiary/aromatic N) is 4. The first-order chi connectivity index (χ1) is 20.5. The molecule has 1 unspecified atom stereocenters. The normalized spacial score (nSPS) is 16.1. The van der Waals surface area contributed by atoms with E-state index in [9.17, 15) is 14.7 Å². The Labute approximate surface area is 250 Å². The van der Waals surface area contributed by atoms with E-state index in [1.54, 1.807) is 36.4 Å². The molecule has 8 nitrogen and oxygen atoms in total. The largest absolute Gasteiger partial charge is 0.507 e. The molecular formula is C32H24N4O4S2. The van der Waals surface area contributed by atoms with Gasteiger partial charge in [-0.15, -0.1) is 10.2 Å². The number of amides is 1. The van der Waals surface area contributed by atoms with E-state index in [1.165, 1.54) is 46.0 Å². The number of ketones is 1. The number of carbonyl (C=O) groups is 2. The maximum Gasteiger partial charge on any atom is 0.301 e. The second-order valence-corrected chi connectivity index (χ2v) is 11.7. The van der Waals surface area contributed by atoms with Crippen molar-refractivity contribution < 1.29 is 19.4 Å². The molecule has 0 aliphatic carbocycles. The van der Waals surface area contributed by atoms with Crippen LogP contribution in [0.2, 0.25) is 0 Å². The topological polar surface area (TPSA) is 106 Å². The van der Waals surface area contributed by atoms with E-state index < -0.39 is 17.7 Å². The van der Waals surface area contributed by atoms with Gasteiger partial charge in [-0.1, -0.05) is 83.3 Å². The molecule has 6 rings (SSSR count). The fourth-order valence-corrected chi connectivity index (χ4v) is 6.39. The van der Waals surface area contributed by atoms with Gasteiger partial charge in [0, 0.05) is 23.7 Å². The second kappa shape index (κ2) is 12.0. The molecule has 3 aromatic carbocycles. The fourth-order valence-electron chi connectivity index (χ4n) is 4.57. The molecule has 1 aliphatic rings. The number of aryl methyl sites for hydroxylation is 1. The molecule has 0 radical (unpaired) electrons. The lowest BCUT2D eigenvalue weighted by molar-refractivity contribution is -0.132. The molecule has 0 saturated carbocycles. The minimum atomic E-state index is -0.958. The lowest BCUT2D eigenvalue weighted by Gasteiger charge is -2.23. The highest BCUT2D eigenvalue weighted by Gasteiger charge is 2.48. The van der Waals surface area contributed by atoms with Gasteiger partial charge >= 0.3 is 5.91 Å². The number of pyridine rings is 1. The number of benzene rings is 3. The van der Waals surface area contributed by atoms with Crippen molar-refractivity contribution in [2.24, 2.45) is 0 Å². The minimum Gasteiger partial charge on any atom is -0.507 e. The summed E-state index contributed by atoms with van der Waals surface area (Å²) in [5, 5.41) is 20.2. The van der Waals surface area contributed by atoms with E-state index in [-0.39, 0.29) is 16.5 Å². The molecule has 42 heavy (non-hydrogen) atoms. The van der Waals surface area contributed by atoms with Crippen LogP contribution in [0.5, 0.6) is 11.5 Å². The van der Waals surface area contributed by atoms with Gasteiger partial charge in [-0.2, -0.15) is 0 Å². The highest BCUT2D eigenvalue weighted by atomic mass is 32.2. The summed E-state index contributed by atoms with van der Waals surface area (Å²) in [6.07, 6.45) is 3.02. The average molecular weight is 593 g/mol. The average Bonchev–Trinajstić information content (AvgIpc) is 3.59. The molecule has 1 saturated heterocycles. The molecular weight excluding hydrogens is 569 g/mol. The molecule has 208 valence electrons. The maximum atomic E-state index is 13.6. The van der Waals surface area contributed by atoms with Gasteiger partial charge in [0.15, 0.2) is 4.34 Å². The number of carbonyl (C=O) groups excluding carboxylic acids is 2. The summed E-state index contributed by atoms with van der Waals surface area (Å²) in [6, 6.07) is 26.8. The number of aliphatic hydroxyl groups is 1. The number of ether oxygens (including phenoxy) is 1. The van der Waals surface area contributed by atoms with E-state index >= 15 is 0 Å². The van der Waals surface area contributed by atoms with E-state index in [1.807, 2.05) is 37.3 Å². The zero-order valence-corrected chi connectivity index (χ0v) is 24.0. The SMILES string of the molecule is Cc1ccc(CSc2nnc(N3C(=O)C(=O)/C(=C(/O)c4ccncc4)C3c3cccc(Oc4ccccc4)c3)s2)cc1. The van der Waals surface area contributed by atoms with E-state index in [4.69, 9.17) is 4.74 Å². The second-order valence-electron chi connectivity index (χ2n) is 9.52. The van der Waals surface area contributed by atoms with Crippen LogP contribution in [0.1, 0.15) is 28.3 Å². The molecule has 3 heterocycles. The standard InChI is InChI=1S/C32H24N4O4S2/c1-20-10-12-21(13-11-20)19-41-32-35-34-31(42-32)36-27(23-6-5-9-25(18-23)40-24-7-3-2-4-8-24)26(29(38)30(36)39)28(37)22-14-16-33-17-15-22/h2-18,27,37H,19H2,1H3/b28-26+. The number of hydrogen-bond donors (Lipinski definition) is 1. The quantitative estimate of drug-likeness (QED) is 0.0678. The fraction of sp³-hybridized carbons (Fsp3) is 0.0938. The number of rotatable bonds is 8. The van der Waals surface area contributed by atoms with E-state index in [0.29, 0.717) is 32.7 Å². The number of thioether (sulfide) groups is 1. The number of aliphatic hydroxyl groups excluding tert-OH is 1. The molecule has 0 spiro atoms. The van der Waals surface area contributed by atoms with Crippen LogP contribution >= 0.6 is 23.1 Å². The van der Waals surface area contributed by atoms with Crippen LogP contribution in [-0.2, 0) is 15.3 Å². The van der Waals surface area contributed by atoms with Crippen LogP contribution in [0.3, 0.4) is 0 Å². The first kappa shape index (κ1) is 27.4. The Kier molecular flexibility index (Phi) is 7.81. The van der Waals surface area contributed by atoms with Crippen LogP contribution < -0.4 is 9.64 Å².